The summed E-state index contributed by atoms with van der Waals surface area (Å²) in [4.78, 5) is 9.17. The number of benzene rings is 2. The molecule has 1 fully saturated rings. The molecule has 2 aromatic rings. The molecule has 0 heterocycles. The van der Waals surface area contributed by atoms with E-state index in [-0.39, 0.29) is 17.5 Å². The Hall–Kier alpha value is -2.62. The van der Waals surface area contributed by atoms with Crippen molar-refractivity contribution >= 4 is 12.4 Å². The Morgan fingerprint density at radius 2 is 1.50 bits per heavy atom. The van der Waals surface area contributed by atoms with Gasteiger partial charge in [0, 0.05) is 36.0 Å². The summed E-state index contributed by atoms with van der Waals surface area (Å²) in [6, 6.07) is 14.7. The molecule has 2 unspecified atom stereocenters. The molecule has 0 aliphatic heterocycles. The van der Waals surface area contributed by atoms with Crippen LogP contribution in [-0.2, 0) is 0 Å². The molecule has 0 amide bonds. The van der Waals surface area contributed by atoms with Crippen molar-refractivity contribution in [2.75, 3.05) is 6.54 Å². The van der Waals surface area contributed by atoms with Gasteiger partial charge >= 0.3 is 0 Å². The van der Waals surface area contributed by atoms with Gasteiger partial charge < -0.3 is 10.2 Å². The van der Waals surface area contributed by atoms with Crippen LogP contribution >= 0.6 is 0 Å². The number of aliphatic imine (C=N–C) groups is 2. The van der Waals surface area contributed by atoms with Gasteiger partial charge in [-0.3, -0.25) is 9.98 Å². The molecule has 4 nitrogen and oxygen atoms in total. The summed E-state index contributed by atoms with van der Waals surface area (Å²) in [5.74, 6) is 0.921. The fraction of sp³-hybridized carbons (Fsp3) is 0.300. The highest BCUT2D eigenvalue weighted by molar-refractivity contribution is 5.83. The van der Waals surface area contributed by atoms with E-state index in [2.05, 4.69) is 9.98 Å². The molecule has 0 aromatic heterocycles. The lowest BCUT2D eigenvalue weighted by molar-refractivity contribution is 0.473. The van der Waals surface area contributed by atoms with E-state index in [0.29, 0.717) is 12.5 Å². The Labute approximate surface area is 142 Å². The van der Waals surface area contributed by atoms with Crippen molar-refractivity contribution < 1.29 is 10.2 Å². The van der Waals surface area contributed by atoms with Crippen LogP contribution in [0.15, 0.2) is 58.5 Å². The zero-order valence-electron chi connectivity index (χ0n) is 13.5. The Kier molecular flexibility index (Phi) is 5.26. The minimum absolute atomic E-state index is 0.242. The number of hydrogen-bond acceptors (Lipinski definition) is 4. The standard InChI is InChI=1S/C20H22N2O2/c23-19-10-3-1-6-16(19)13-21-12-15-8-5-9-18(15)22-14-17-7-2-4-11-20(17)24/h1-4,6-7,10-11,13-15,18,23-24H,5,8-9,12H2. The first-order chi connectivity index (χ1) is 11.7. The van der Waals surface area contributed by atoms with E-state index in [0.717, 1.165) is 30.4 Å². The van der Waals surface area contributed by atoms with Gasteiger partial charge in [0.25, 0.3) is 0 Å². The van der Waals surface area contributed by atoms with E-state index in [4.69, 9.17) is 0 Å². The van der Waals surface area contributed by atoms with Gasteiger partial charge in [0.15, 0.2) is 0 Å². The Morgan fingerprint density at radius 3 is 2.17 bits per heavy atom. The van der Waals surface area contributed by atoms with Crippen LogP contribution in [0.3, 0.4) is 0 Å². The lowest BCUT2D eigenvalue weighted by Crippen LogP contribution is -2.15. The van der Waals surface area contributed by atoms with Crippen LogP contribution in [-0.4, -0.2) is 35.2 Å². The summed E-state index contributed by atoms with van der Waals surface area (Å²) >= 11 is 0. The summed E-state index contributed by atoms with van der Waals surface area (Å²) in [6.07, 6.45) is 6.82. The maximum absolute atomic E-state index is 9.81. The van der Waals surface area contributed by atoms with Gasteiger partial charge in [-0.05, 0) is 37.1 Å². The smallest absolute Gasteiger partial charge is 0.124 e. The molecular weight excluding hydrogens is 300 g/mol. The van der Waals surface area contributed by atoms with Crippen LogP contribution in [0.1, 0.15) is 30.4 Å². The second kappa shape index (κ2) is 7.77. The number of hydrogen-bond donors (Lipinski definition) is 2. The zero-order valence-corrected chi connectivity index (χ0v) is 13.5. The summed E-state index contributed by atoms with van der Waals surface area (Å²) in [6.45, 7) is 0.705. The number of rotatable bonds is 5. The first-order valence-corrected chi connectivity index (χ1v) is 8.33. The van der Waals surface area contributed by atoms with Gasteiger partial charge in [-0.2, -0.15) is 0 Å². The van der Waals surface area contributed by atoms with Crippen molar-refractivity contribution in [1.82, 2.24) is 0 Å². The van der Waals surface area contributed by atoms with Gasteiger partial charge in [-0.15, -0.1) is 0 Å². The maximum Gasteiger partial charge on any atom is 0.124 e. The van der Waals surface area contributed by atoms with Crippen LogP contribution in [0.2, 0.25) is 0 Å². The first kappa shape index (κ1) is 16.2. The highest BCUT2D eigenvalue weighted by Crippen LogP contribution is 2.29. The second-order valence-corrected chi connectivity index (χ2v) is 6.15. The molecule has 0 spiro atoms. The molecule has 124 valence electrons. The fourth-order valence-electron chi connectivity index (χ4n) is 3.08. The number of phenols is 2. The third-order valence-electron chi connectivity index (χ3n) is 4.47. The van der Waals surface area contributed by atoms with Crippen molar-refractivity contribution in [2.45, 2.75) is 25.3 Å². The maximum atomic E-state index is 9.81. The Balaban J connectivity index is 1.62. The first-order valence-electron chi connectivity index (χ1n) is 8.33. The molecule has 0 bridgehead atoms. The van der Waals surface area contributed by atoms with E-state index < -0.39 is 0 Å². The Bertz CT molecular complexity index is 740. The molecule has 0 saturated heterocycles. The van der Waals surface area contributed by atoms with Crippen LogP contribution in [0.25, 0.3) is 0 Å². The predicted octanol–water partition coefficient (Wildman–Crippen LogP) is 3.80. The van der Waals surface area contributed by atoms with Crippen LogP contribution in [0.5, 0.6) is 11.5 Å². The molecule has 24 heavy (non-hydrogen) atoms. The third-order valence-corrected chi connectivity index (χ3v) is 4.47. The van der Waals surface area contributed by atoms with Crippen molar-refractivity contribution in [2.24, 2.45) is 15.9 Å². The number of phenolic OH excluding ortho intramolecular Hbond substituents is 2. The van der Waals surface area contributed by atoms with E-state index in [1.807, 2.05) is 24.3 Å². The Morgan fingerprint density at radius 1 is 0.875 bits per heavy atom. The quantitative estimate of drug-likeness (QED) is 0.822. The molecule has 4 heteroatoms. The van der Waals surface area contributed by atoms with E-state index in [1.165, 1.54) is 0 Å². The van der Waals surface area contributed by atoms with E-state index in [9.17, 15) is 10.2 Å². The largest absolute Gasteiger partial charge is 0.507 e. The van der Waals surface area contributed by atoms with E-state index >= 15 is 0 Å². The molecule has 2 atom stereocenters. The van der Waals surface area contributed by atoms with Gasteiger partial charge in [-0.1, -0.05) is 30.7 Å². The van der Waals surface area contributed by atoms with Gasteiger partial charge in [0.05, 0.1) is 6.04 Å². The molecule has 1 aliphatic rings. The number of aromatic hydroxyl groups is 2. The van der Waals surface area contributed by atoms with Crippen molar-refractivity contribution in [3.05, 3.63) is 59.7 Å². The average molecular weight is 322 g/mol. The van der Waals surface area contributed by atoms with Crippen molar-refractivity contribution in [3.63, 3.8) is 0 Å². The van der Waals surface area contributed by atoms with Crippen LogP contribution in [0.4, 0.5) is 0 Å². The molecule has 1 saturated carbocycles. The third kappa shape index (κ3) is 4.02. The highest BCUT2D eigenvalue weighted by atomic mass is 16.3. The average Bonchev–Trinajstić information content (AvgIpc) is 3.03. The number of para-hydroxylation sites is 2. The van der Waals surface area contributed by atoms with Crippen LogP contribution < -0.4 is 0 Å². The van der Waals surface area contributed by atoms with Gasteiger partial charge in [-0.25, -0.2) is 0 Å². The van der Waals surface area contributed by atoms with E-state index in [1.54, 1.807) is 36.7 Å². The monoisotopic (exact) mass is 322 g/mol. The molecule has 1 aliphatic carbocycles. The summed E-state index contributed by atoms with van der Waals surface area (Å²) in [5.41, 5.74) is 1.49. The van der Waals surface area contributed by atoms with Gasteiger partial charge in [0.1, 0.15) is 11.5 Å². The summed E-state index contributed by atoms with van der Waals surface area (Å²) in [5, 5.41) is 19.6. The predicted molar refractivity (Wildman–Crippen MR) is 97.4 cm³/mol. The van der Waals surface area contributed by atoms with Crippen molar-refractivity contribution in [3.8, 4) is 11.5 Å². The summed E-state index contributed by atoms with van der Waals surface area (Å²) in [7, 11) is 0. The molecule has 2 aromatic carbocycles. The molecule has 0 radical (unpaired) electrons. The normalized spacial score (nSPS) is 21.0. The summed E-state index contributed by atoms with van der Waals surface area (Å²) < 4.78 is 0. The zero-order chi connectivity index (χ0) is 16.8. The lowest BCUT2D eigenvalue weighted by atomic mass is 10.0. The minimum atomic E-state index is 0.242. The minimum Gasteiger partial charge on any atom is -0.507 e. The lowest BCUT2D eigenvalue weighted by Gasteiger charge is -2.13. The van der Waals surface area contributed by atoms with Gasteiger partial charge in [0.2, 0.25) is 0 Å². The molecule has 2 N–H and O–H groups in total. The SMILES string of the molecule is Oc1ccccc1C=NCC1CCCC1N=Cc1ccccc1O. The highest BCUT2D eigenvalue weighted by Gasteiger charge is 2.25. The fourth-order valence-corrected chi connectivity index (χ4v) is 3.08. The topological polar surface area (TPSA) is 65.2 Å². The second-order valence-electron chi connectivity index (χ2n) is 6.15. The van der Waals surface area contributed by atoms with Crippen molar-refractivity contribution in [1.29, 1.82) is 0 Å². The van der Waals surface area contributed by atoms with Crippen LogP contribution in [0, 0.1) is 5.92 Å². The number of nitrogens with zero attached hydrogens (tertiary/aromatic N) is 2. The molecule has 3 rings (SSSR count). The molecular formula is C20H22N2O2.